The van der Waals surface area contributed by atoms with Crippen molar-refractivity contribution in [3.8, 4) is 6.07 Å². The monoisotopic (exact) mass is 559 g/mol. The number of aromatic nitrogens is 2. The van der Waals surface area contributed by atoms with Gasteiger partial charge < -0.3 is 18.5 Å². The number of methoxy groups -OCH3 is 1. The van der Waals surface area contributed by atoms with Crippen molar-refractivity contribution in [1.29, 1.82) is 5.26 Å². The molecule has 2 saturated heterocycles. The van der Waals surface area contributed by atoms with Crippen LogP contribution in [0.3, 0.4) is 0 Å². The number of aromatic amines is 1. The SMILES string of the molecule is CO[C@H]1[C@H](n2ccc(=O)[nH]c2=O)O[C@@H]2C(N3CCCS3(=O)=O)[C@@]21OP(OCCC#N)N(C(C)C)C(C)C. The Kier molecular flexibility index (Phi) is 8.28. The zero-order valence-corrected chi connectivity index (χ0v) is 23.3. The lowest BCUT2D eigenvalue weighted by atomic mass is 10.1. The third-order valence-corrected chi connectivity index (χ3v) is 10.9. The van der Waals surface area contributed by atoms with Crippen LogP contribution in [0, 0.1) is 11.3 Å². The Labute approximate surface area is 217 Å². The highest BCUT2D eigenvalue weighted by molar-refractivity contribution is 7.89. The first-order valence-electron chi connectivity index (χ1n) is 12.3. The third kappa shape index (κ3) is 5.04. The molecule has 6 atom stereocenters. The van der Waals surface area contributed by atoms with Crippen LogP contribution in [0.5, 0.6) is 0 Å². The van der Waals surface area contributed by atoms with E-state index >= 15 is 0 Å². The van der Waals surface area contributed by atoms with Crippen LogP contribution >= 0.6 is 8.53 Å². The Morgan fingerprint density at radius 2 is 2.03 bits per heavy atom. The standard InChI is InChI=1S/C22H34N5O8PS/c1-14(2)27(15(3)4)36(33-12-6-9-23)35-22-17(26-10-7-13-37(26,30)31)18(22)34-20(19(22)32-5)25-11-8-16(28)24-21(25)29/h8,11,14-15,17-20H,6-7,10,12-13H2,1-5H3,(H,24,28,29)/t17?,18-,19+,20-,22-,36?/m1/s1. The Hall–Kier alpha value is -1.69. The summed E-state index contributed by atoms with van der Waals surface area (Å²) in [6.45, 7) is 8.45. The normalized spacial score (nSPS) is 31.6. The molecule has 1 aliphatic carbocycles. The number of ether oxygens (including phenoxy) is 2. The predicted octanol–water partition coefficient (Wildman–Crippen LogP) is 0.898. The number of H-pyrrole nitrogens is 1. The summed E-state index contributed by atoms with van der Waals surface area (Å²) < 4.78 is 55.5. The molecular formula is C22H34N5O8PS. The first-order chi connectivity index (χ1) is 17.5. The molecule has 1 aromatic heterocycles. The summed E-state index contributed by atoms with van der Waals surface area (Å²) in [5, 5.41) is 9.06. The van der Waals surface area contributed by atoms with Crippen LogP contribution in [-0.2, 0) is 28.5 Å². The summed E-state index contributed by atoms with van der Waals surface area (Å²) in [6, 6.07) is 2.61. The second-order valence-corrected chi connectivity index (χ2v) is 13.3. The van der Waals surface area contributed by atoms with Crippen molar-refractivity contribution in [2.45, 2.75) is 82.7 Å². The second-order valence-electron chi connectivity index (χ2n) is 9.84. The van der Waals surface area contributed by atoms with Crippen LogP contribution in [0.15, 0.2) is 21.9 Å². The van der Waals surface area contributed by atoms with Gasteiger partial charge in [-0.2, -0.15) is 9.57 Å². The van der Waals surface area contributed by atoms with Crippen LogP contribution in [0.2, 0.25) is 0 Å². The summed E-state index contributed by atoms with van der Waals surface area (Å²) in [5.41, 5.74) is -2.50. The van der Waals surface area contributed by atoms with Crippen molar-refractivity contribution in [3.63, 3.8) is 0 Å². The lowest BCUT2D eigenvalue weighted by Crippen LogP contribution is -2.48. The topological polar surface area (TPSA) is 156 Å². The fraction of sp³-hybridized carbons (Fsp3) is 0.773. The van der Waals surface area contributed by atoms with Crippen molar-refractivity contribution >= 4 is 18.5 Å². The van der Waals surface area contributed by atoms with Gasteiger partial charge in [-0.1, -0.05) is 0 Å². The largest absolute Gasteiger partial charge is 0.374 e. The maximum absolute atomic E-state index is 12.9. The van der Waals surface area contributed by atoms with E-state index in [0.717, 1.165) is 0 Å². The van der Waals surface area contributed by atoms with Gasteiger partial charge in [0.25, 0.3) is 14.1 Å². The molecular weight excluding hydrogens is 525 g/mol. The highest BCUT2D eigenvalue weighted by Crippen LogP contribution is 2.66. The molecule has 4 rings (SSSR count). The molecule has 3 fully saturated rings. The minimum atomic E-state index is -3.53. The van der Waals surface area contributed by atoms with Gasteiger partial charge in [-0.15, -0.1) is 0 Å². The van der Waals surface area contributed by atoms with Crippen LogP contribution in [-0.4, -0.2) is 88.9 Å². The Bertz CT molecular complexity index is 1240. The number of rotatable bonds is 11. The highest BCUT2D eigenvalue weighted by Gasteiger charge is 2.83. The van der Waals surface area contributed by atoms with Gasteiger partial charge in [0.05, 0.1) is 30.9 Å². The quantitative estimate of drug-likeness (QED) is 0.305. The van der Waals surface area contributed by atoms with E-state index < -0.39 is 59.9 Å². The van der Waals surface area contributed by atoms with E-state index in [4.69, 9.17) is 23.8 Å². The van der Waals surface area contributed by atoms with Gasteiger partial charge in [0, 0.05) is 38.0 Å². The fourth-order valence-electron chi connectivity index (χ4n) is 5.35. The van der Waals surface area contributed by atoms with Crippen LogP contribution < -0.4 is 11.2 Å². The molecule has 37 heavy (non-hydrogen) atoms. The number of hydrogen-bond acceptors (Lipinski definition) is 10. The van der Waals surface area contributed by atoms with Gasteiger partial charge in [0.2, 0.25) is 10.0 Å². The average molecular weight is 560 g/mol. The first-order valence-corrected chi connectivity index (χ1v) is 15.0. The van der Waals surface area contributed by atoms with E-state index in [2.05, 4.69) is 11.1 Å². The van der Waals surface area contributed by atoms with Crippen molar-refractivity contribution in [3.05, 3.63) is 33.1 Å². The number of sulfonamides is 1. The Morgan fingerprint density at radius 3 is 2.57 bits per heavy atom. The molecule has 0 radical (unpaired) electrons. The Balaban J connectivity index is 1.76. The zero-order valence-electron chi connectivity index (χ0n) is 21.6. The van der Waals surface area contributed by atoms with Gasteiger partial charge in [0.15, 0.2) is 11.8 Å². The second kappa shape index (κ2) is 10.8. The predicted molar refractivity (Wildman–Crippen MR) is 134 cm³/mol. The molecule has 1 N–H and O–H groups in total. The third-order valence-electron chi connectivity index (χ3n) is 6.80. The molecule has 3 heterocycles. The molecule has 0 spiro atoms. The van der Waals surface area contributed by atoms with Crippen molar-refractivity contribution in [2.75, 3.05) is 26.0 Å². The molecule has 1 saturated carbocycles. The number of nitriles is 1. The lowest BCUT2D eigenvalue weighted by molar-refractivity contribution is -0.0955. The summed E-state index contributed by atoms with van der Waals surface area (Å²) >= 11 is 0. The van der Waals surface area contributed by atoms with E-state index in [1.807, 2.05) is 32.4 Å². The van der Waals surface area contributed by atoms with Crippen LogP contribution in [0.25, 0.3) is 0 Å². The maximum Gasteiger partial charge on any atom is 0.330 e. The van der Waals surface area contributed by atoms with Crippen molar-refractivity contribution in [1.82, 2.24) is 18.5 Å². The summed E-state index contributed by atoms with van der Waals surface area (Å²) in [5.74, 6) is 0.0320. The number of hydrogen-bond donors (Lipinski definition) is 1. The van der Waals surface area contributed by atoms with E-state index in [9.17, 15) is 18.0 Å². The van der Waals surface area contributed by atoms with E-state index in [1.165, 1.54) is 28.2 Å². The smallest absolute Gasteiger partial charge is 0.330 e. The summed E-state index contributed by atoms with van der Waals surface area (Å²) in [7, 11) is -3.87. The molecule has 0 bridgehead atoms. The van der Waals surface area contributed by atoms with Crippen LogP contribution in [0.1, 0.15) is 46.8 Å². The highest BCUT2D eigenvalue weighted by atomic mass is 32.2. The first kappa shape index (κ1) is 28.3. The van der Waals surface area contributed by atoms with Crippen molar-refractivity contribution in [2.24, 2.45) is 0 Å². The minimum Gasteiger partial charge on any atom is -0.374 e. The molecule has 2 aliphatic heterocycles. The number of nitrogens with one attached hydrogen (secondary N) is 1. The van der Waals surface area contributed by atoms with E-state index in [-0.39, 0.29) is 30.9 Å². The van der Waals surface area contributed by atoms with Gasteiger partial charge in [-0.05, 0) is 34.1 Å². The molecule has 0 amide bonds. The molecule has 15 heteroatoms. The Morgan fingerprint density at radius 1 is 1.32 bits per heavy atom. The van der Waals surface area contributed by atoms with Crippen LogP contribution in [0.4, 0.5) is 0 Å². The van der Waals surface area contributed by atoms with E-state index in [0.29, 0.717) is 13.0 Å². The number of nitrogens with zero attached hydrogens (tertiary/aromatic N) is 4. The summed E-state index contributed by atoms with van der Waals surface area (Å²) in [6.07, 6.45) is -0.638. The minimum absolute atomic E-state index is 0.0108. The molecule has 0 aromatic carbocycles. The van der Waals surface area contributed by atoms with Gasteiger partial charge in [-0.25, -0.2) is 17.9 Å². The molecule has 3 aliphatic rings. The van der Waals surface area contributed by atoms with Gasteiger partial charge in [0.1, 0.15) is 12.2 Å². The molecule has 2 unspecified atom stereocenters. The van der Waals surface area contributed by atoms with Gasteiger partial charge in [-0.3, -0.25) is 14.3 Å². The molecule has 206 valence electrons. The van der Waals surface area contributed by atoms with Crippen molar-refractivity contribution < 1.29 is 26.9 Å². The lowest BCUT2D eigenvalue weighted by Gasteiger charge is -2.39. The average Bonchev–Trinajstić information content (AvgIpc) is 3.07. The molecule has 13 nitrogen and oxygen atoms in total. The number of fused-ring (bicyclic) bond motifs is 1. The van der Waals surface area contributed by atoms with Gasteiger partial charge >= 0.3 is 5.69 Å². The maximum atomic E-state index is 12.9. The van der Waals surface area contributed by atoms with E-state index in [1.54, 1.807) is 0 Å². The zero-order chi connectivity index (χ0) is 27.1. The molecule has 1 aromatic rings. The summed E-state index contributed by atoms with van der Waals surface area (Å²) in [4.78, 5) is 26.5. The fourth-order valence-corrected chi connectivity index (χ4v) is 8.98.